The van der Waals surface area contributed by atoms with Crippen LogP contribution in [0, 0.1) is 0 Å². The van der Waals surface area contributed by atoms with Crippen LogP contribution >= 0.6 is 0 Å². The zero-order valence-corrected chi connectivity index (χ0v) is 15.3. The normalized spacial score (nSPS) is 14.5. The zero-order chi connectivity index (χ0) is 18.5. The summed E-state index contributed by atoms with van der Waals surface area (Å²) in [6.45, 7) is 6.72. The van der Waals surface area contributed by atoms with Gasteiger partial charge in [0.2, 0.25) is 5.89 Å². The molecule has 1 fully saturated rings. The van der Waals surface area contributed by atoms with Gasteiger partial charge in [0, 0.05) is 24.6 Å². The lowest BCUT2D eigenvalue weighted by atomic mass is 10.1. The third kappa shape index (κ3) is 4.13. The van der Waals surface area contributed by atoms with Crippen molar-refractivity contribution >= 4 is 11.6 Å². The van der Waals surface area contributed by atoms with Gasteiger partial charge in [-0.2, -0.15) is 4.98 Å². The van der Waals surface area contributed by atoms with Gasteiger partial charge < -0.3 is 24.2 Å². The minimum atomic E-state index is -0.0149. The molecule has 8 nitrogen and oxygen atoms in total. The van der Waals surface area contributed by atoms with E-state index in [9.17, 15) is 4.79 Å². The monoisotopic (exact) mass is 360 g/mol. The molecule has 0 aliphatic carbocycles. The molecule has 1 saturated heterocycles. The molecule has 0 radical (unpaired) electrons. The van der Waals surface area contributed by atoms with Crippen molar-refractivity contribution in [3.05, 3.63) is 35.5 Å². The summed E-state index contributed by atoms with van der Waals surface area (Å²) in [5.41, 5.74) is 1.31. The van der Waals surface area contributed by atoms with Gasteiger partial charge in [-0.15, -0.1) is 0 Å². The highest BCUT2D eigenvalue weighted by Crippen LogP contribution is 2.27. The van der Waals surface area contributed by atoms with Gasteiger partial charge in [-0.1, -0.05) is 19.0 Å². The van der Waals surface area contributed by atoms with E-state index in [0.717, 1.165) is 0 Å². The highest BCUT2D eigenvalue weighted by molar-refractivity contribution is 5.95. The summed E-state index contributed by atoms with van der Waals surface area (Å²) in [6, 6.07) is 5.34. The molecule has 1 aliphatic rings. The molecular formula is C18H24N4O4. The fourth-order valence-corrected chi connectivity index (χ4v) is 2.67. The van der Waals surface area contributed by atoms with Crippen LogP contribution < -0.4 is 10.1 Å². The Morgan fingerprint density at radius 1 is 1.35 bits per heavy atom. The first kappa shape index (κ1) is 18.2. The number of morpholine rings is 1. The highest BCUT2D eigenvalue weighted by atomic mass is 16.5. The number of nitrogens with one attached hydrogen (secondary N) is 1. The number of hydrogen-bond donors (Lipinski definition) is 1. The predicted molar refractivity (Wildman–Crippen MR) is 95.4 cm³/mol. The topological polar surface area (TPSA) is 89.7 Å². The number of benzene rings is 1. The minimum Gasteiger partial charge on any atom is -0.495 e. The molecule has 0 atom stereocenters. The van der Waals surface area contributed by atoms with Crippen molar-refractivity contribution < 1.29 is 18.8 Å². The summed E-state index contributed by atoms with van der Waals surface area (Å²) in [7, 11) is 1.59. The van der Waals surface area contributed by atoms with Crippen LogP contribution in [0.25, 0.3) is 0 Å². The van der Waals surface area contributed by atoms with Crippen LogP contribution in [0.4, 0.5) is 5.69 Å². The van der Waals surface area contributed by atoms with Crippen LogP contribution in [0.1, 0.15) is 41.8 Å². The van der Waals surface area contributed by atoms with E-state index >= 15 is 0 Å². The first-order valence-electron chi connectivity index (χ1n) is 8.70. The lowest BCUT2D eigenvalue weighted by molar-refractivity contribution is 0.0303. The quantitative estimate of drug-likeness (QED) is 0.845. The number of rotatable bonds is 6. The third-order valence-corrected chi connectivity index (χ3v) is 4.17. The van der Waals surface area contributed by atoms with E-state index in [1.807, 2.05) is 13.8 Å². The molecule has 2 aromatic rings. The number of methoxy groups -OCH3 is 1. The first-order valence-corrected chi connectivity index (χ1v) is 8.70. The predicted octanol–water partition coefficient (Wildman–Crippen LogP) is 2.29. The molecular weight excluding hydrogens is 336 g/mol. The summed E-state index contributed by atoms with van der Waals surface area (Å²) in [6.07, 6.45) is 0. The molecule has 1 aliphatic heterocycles. The molecule has 26 heavy (non-hydrogen) atoms. The number of carbonyl (C=O) groups is 1. The molecule has 1 aromatic carbocycles. The van der Waals surface area contributed by atoms with Crippen molar-refractivity contribution in [2.45, 2.75) is 26.3 Å². The van der Waals surface area contributed by atoms with Crippen LogP contribution in [0.2, 0.25) is 0 Å². The van der Waals surface area contributed by atoms with Crippen LogP contribution in [0.15, 0.2) is 22.7 Å². The molecule has 0 bridgehead atoms. The molecule has 1 aromatic heterocycles. The Morgan fingerprint density at radius 2 is 2.12 bits per heavy atom. The average molecular weight is 360 g/mol. The Kier molecular flexibility index (Phi) is 5.72. The van der Waals surface area contributed by atoms with Crippen LogP contribution in [0.5, 0.6) is 5.75 Å². The van der Waals surface area contributed by atoms with Gasteiger partial charge in [-0.05, 0) is 18.2 Å². The fraction of sp³-hybridized carbons (Fsp3) is 0.500. The lowest BCUT2D eigenvalue weighted by Crippen LogP contribution is -2.40. The Hall–Kier alpha value is -2.61. The van der Waals surface area contributed by atoms with Gasteiger partial charge in [0.15, 0.2) is 5.82 Å². The van der Waals surface area contributed by atoms with Crippen molar-refractivity contribution in [2.75, 3.05) is 38.7 Å². The number of aromatic nitrogens is 2. The fourth-order valence-electron chi connectivity index (χ4n) is 2.67. The van der Waals surface area contributed by atoms with E-state index in [-0.39, 0.29) is 11.8 Å². The van der Waals surface area contributed by atoms with E-state index in [0.29, 0.717) is 61.6 Å². The van der Waals surface area contributed by atoms with Gasteiger partial charge in [0.25, 0.3) is 5.91 Å². The maximum Gasteiger partial charge on any atom is 0.254 e. The van der Waals surface area contributed by atoms with Crippen LogP contribution in [-0.4, -0.2) is 54.4 Å². The van der Waals surface area contributed by atoms with Crippen LogP contribution in [0.3, 0.4) is 0 Å². The van der Waals surface area contributed by atoms with Crippen molar-refractivity contribution in [3.63, 3.8) is 0 Å². The molecule has 3 rings (SSSR count). The zero-order valence-electron chi connectivity index (χ0n) is 15.3. The van der Waals surface area contributed by atoms with E-state index < -0.39 is 0 Å². The van der Waals surface area contributed by atoms with E-state index in [1.165, 1.54) is 0 Å². The maximum atomic E-state index is 12.7. The summed E-state index contributed by atoms with van der Waals surface area (Å²) < 4.78 is 15.9. The summed E-state index contributed by atoms with van der Waals surface area (Å²) in [5.74, 6) is 1.99. The van der Waals surface area contributed by atoms with Crippen molar-refractivity contribution in [3.8, 4) is 5.75 Å². The molecule has 8 heteroatoms. The van der Waals surface area contributed by atoms with Gasteiger partial charge in [-0.25, -0.2) is 0 Å². The molecule has 1 amide bonds. The van der Waals surface area contributed by atoms with Crippen molar-refractivity contribution in [1.82, 2.24) is 15.0 Å². The molecule has 2 heterocycles. The number of amides is 1. The Labute approximate surface area is 152 Å². The molecule has 140 valence electrons. The van der Waals surface area contributed by atoms with Crippen molar-refractivity contribution in [1.29, 1.82) is 0 Å². The highest BCUT2D eigenvalue weighted by Gasteiger charge is 2.20. The minimum absolute atomic E-state index is 0.0149. The lowest BCUT2D eigenvalue weighted by Gasteiger charge is -2.27. The first-order chi connectivity index (χ1) is 12.6. The molecule has 1 N–H and O–H groups in total. The smallest absolute Gasteiger partial charge is 0.254 e. The standard InChI is InChI=1S/C18H24N4O4/c1-12(2)17-20-16(26-21-17)11-19-14-10-13(4-5-15(14)24-3)18(23)22-6-8-25-9-7-22/h4-5,10,12,19H,6-9,11H2,1-3H3. The Bertz CT molecular complexity index is 753. The molecule has 0 saturated carbocycles. The average Bonchev–Trinajstić information content (AvgIpc) is 3.15. The summed E-state index contributed by atoms with van der Waals surface area (Å²) in [5, 5.41) is 7.16. The largest absolute Gasteiger partial charge is 0.495 e. The second kappa shape index (κ2) is 8.18. The van der Waals surface area contributed by atoms with Crippen LogP contribution in [-0.2, 0) is 11.3 Å². The number of hydrogen-bond acceptors (Lipinski definition) is 7. The van der Waals surface area contributed by atoms with Crippen molar-refractivity contribution in [2.24, 2.45) is 0 Å². The van der Waals surface area contributed by atoms with Gasteiger partial charge in [0.05, 0.1) is 32.6 Å². The second-order valence-electron chi connectivity index (χ2n) is 6.37. The third-order valence-electron chi connectivity index (χ3n) is 4.17. The number of ether oxygens (including phenoxy) is 2. The number of anilines is 1. The number of carbonyl (C=O) groups excluding carboxylic acids is 1. The SMILES string of the molecule is COc1ccc(C(=O)N2CCOCC2)cc1NCc1nc(C(C)C)no1. The summed E-state index contributed by atoms with van der Waals surface area (Å²) in [4.78, 5) is 18.8. The molecule has 0 unspecified atom stereocenters. The second-order valence-corrected chi connectivity index (χ2v) is 6.37. The summed E-state index contributed by atoms with van der Waals surface area (Å²) >= 11 is 0. The number of nitrogens with zero attached hydrogens (tertiary/aromatic N) is 3. The molecule has 0 spiro atoms. The van der Waals surface area contributed by atoms with E-state index in [2.05, 4.69) is 15.5 Å². The van der Waals surface area contributed by atoms with E-state index in [4.69, 9.17) is 14.0 Å². The van der Waals surface area contributed by atoms with Gasteiger partial charge >= 0.3 is 0 Å². The van der Waals surface area contributed by atoms with Gasteiger partial charge in [0.1, 0.15) is 5.75 Å². The van der Waals surface area contributed by atoms with Gasteiger partial charge in [-0.3, -0.25) is 4.79 Å². The Morgan fingerprint density at radius 3 is 2.77 bits per heavy atom. The van der Waals surface area contributed by atoms with E-state index in [1.54, 1.807) is 30.2 Å². The maximum absolute atomic E-state index is 12.7. The Balaban J connectivity index is 1.73.